The van der Waals surface area contributed by atoms with Gasteiger partial charge in [-0.15, -0.1) is 0 Å². The number of carbonyl (C=O) groups excluding carboxylic acids is 2. The summed E-state index contributed by atoms with van der Waals surface area (Å²) in [7, 11) is 0. The van der Waals surface area contributed by atoms with Gasteiger partial charge in [0.05, 0.1) is 6.42 Å². The number of nitrogens with zero attached hydrogens (tertiary/aromatic N) is 1. The van der Waals surface area contributed by atoms with Crippen LogP contribution < -0.4 is 5.32 Å². The third-order valence-electron chi connectivity index (χ3n) is 5.17. The molecule has 1 atom stereocenters. The highest BCUT2D eigenvalue weighted by Crippen LogP contribution is 2.17. The van der Waals surface area contributed by atoms with E-state index < -0.39 is 6.04 Å². The maximum Gasteiger partial charge on any atom is 0.243 e. The van der Waals surface area contributed by atoms with Gasteiger partial charge in [-0.25, -0.2) is 4.39 Å². The van der Waals surface area contributed by atoms with Crippen LogP contribution in [-0.2, 0) is 29.0 Å². The van der Waals surface area contributed by atoms with Crippen LogP contribution in [0.15, 0.2) is 84.9 Å². The molecule has 0 radical (unpaired) electrons. The molecule has 0 heterocycles. The van der Waals surface area contributed by atoms with Gasteiger partial charge in [-0.1, -0.05) is 72.8 Å². The van der Waals surface area contributed by atoms with Crippen molar-refractivity contribution in [1.29, 1.82) is 0 Å². The van der Waals surface area contributed by atoms with Gasteiger partial charge in [-0.05, 0) is 42.7 Å². The van der Waals surface area contributed by atoms with Gasteiger partial charge in [0.15, 0.2) is 0 Å². The molecule has 4 nitrogen and oxygen atoms in total. The van der Waals surface area contributed by atoms with Crippen LogP contribution in [0.2, 0.25) is 0 Å². The monoisotopic (exact) mass is 432 g/mol. The summed E-state index contributed by atoms with van der Waals surface area (Å²) in [6.07, 6.45) is 0.573. The molecule has 5 heteroatoms. The Morgan fingerprint density at radius 3 is 1.94 bits per heavy atom. The lowest BCUT2D eigenvalue weighted by Gasteiger charge is -2.32. The largest absolute Gasteiger partial charge is 0.352 e. The van der Waals surface area contributed by atoms with Gasteiger partial charge in [-0.2, -0.15) is 0 Å². The number of carbonyl (C=O) groups is 2. The van der Waals surface area contributed by atoms with Gasteiger partial charge < -0.3 is 10.2 Å². The third-order valence-corrected chi connectivity index (χ3v) is 5.17. The summed E-state index contributed by atoms with van der Waals surface area (Å²) in [4.78, 5) is 28.3. The zero-order chi connectivity index (χ0) is 22.9. The molecule has 0 aliphatic rings. The Kier molecular flexibility index (Phi) is 8.14. The zero-order valence-corrected chi connectivity index (χ0v) is 18.5. The zero-order valence-electron chi connectivity index (χ0n) is 18.5. The van der Waals surface area contributed by atoms with E-state index in [0.29, 0.717) is 6.42 Å². The van der Waals surface area contributed by atoms with Crippen LogP contribution in [0, 0.1) is 5.82 Å². The molecule has 1 N–H and O–H groups in total. The van der Waals surface area contributed by atoms with Crippen molar-refractivity contribution in [3.63, 3.8) is 0 Å². The van der Waals surface area contributed by atoms with Crippen LogP contribution >= 0.6 is 0 Å². The van der Waals surface area contributed by atoms with Gasteiger partial charge in [0.2, 0.25) is 11.8 Å². The Hall–Kier alpha value is -3.47. The Morgan fingerprint density at radius 1 is 0.812 bits per heavy atom. The van der Waals surface area contributed by atoms with Crippen molar-refractivity contribution in [3.8, 4) is 0 Å². The molecule has 0 aromatic heterocycles. The molecule has 0 saturated carbocycles. The Labute approximate surface area is 189 Å². The topological polar surface area (TPSA) is 49.4 Å². The number of rotatable bonds is 9. The van der Waals surface area contributed by atoms with Crippen LogP contribution in [0.25, 0.3) is 0 Å². The van der Waals surface area contributed by atoms with Gasteiger partial charge in [0, 0.05) is 19.0 Å². The summed E-state index contributed by atoms with van der Waals surface area (Å²) in [6.45, 7) is 4.01. The standard InChI is InChI=1S/C27H29FN2O2/c1-20(2)29-27(32)25(17-21-9-5-3-6-10-21)30(19-23-13-15-24(28)16-14-23)26(31)18-22-11-7-4-8-12-22/h3-16,20,25H,17-19H2,1-2H3,(H,29,32). The minimum atomic E-state index is -0.693. The molecular formula is C27H29FN2O2. The fourth-order valence-corrected chi connectivity index (χ4v) is 3.59. The van der Waals surface area contributed by atoms with E-state index in [4.69, 9.17) is 0 Å². The Bertz CT molecular complexity index is 1000. The molecule has 0 bridgehead atoms. The molecule has 2 amide bonds. The highest BCUT2D eigenvalue weighted by atomic mass is 19.1. The van der Waals surface area contributed by atoms with Crippen LogP contribution in [0.5, 0.6) is 0 Å². The fraction of sp³-hybridized carbons (Fsp3) is 0.259. The minimum absolute atomic E-state index is 0.0577. The first-order valence-corrected chi connectivity index (χ1v) is 10.8. The van der Waals surface area contributed by atoms with Gasteiger partial charge in [-0.3, -0.25) is 9.59 Å². The molecule has 3 rings (SSSR count). The Morgan fingerprint density at radius 2 is 1.38 bits per heavy atom. The van der Waals surface area contributed by atoms with Gasteiger partial charge >= 0.3 is 0 Å². The first-order valence-electron chi connectivity index (χ1n) is 10.8. The number of hydrogen-bond donors (Lipinski definition) is 1. The SMILES string of the molecule is CC(C)NC(=O)C(Cc1ccccc1)N(Cc1ccc(F)cc1)C(=O)Cc1ccccc1. The number of hydrogen-bond acceptors (Lipinski definition) is 2. The van der Waals surface area contributed by atoms with Gasteiger partial charge in [0.25, 0.3) is 0 Å². The molecule has 3 aromatic rings. The number of amides is 2. The fourth-order valence-electron chi connectivity index (χ4n) is 3.59. The second kappa shape index (κ2) is 11.2. The summed E-state index contributed by atoms with van der Waals surface area (Å²) in [5.41, 5.74) is 2.61. The molecule has 0 fully saturated rings. The van der Waals surface area contributed by atoms with Crippen molar-refractivity contribution in [2.45, 2.75) is 45.3 Å². The smallest absolute Gasteiger partial charge is 0.243 e. The first kappa shape index (κ1) is 23.2. The third kappa shape index (κ3) is 6.77. The highest BCUT2D eigenvalue weighted by Gasteiger charge is 2.30. The van der Waals surface area contributed by atoms with Crippen LogP contribution in [0.4, 0.5) is 4.39 Å². The molecule has 1 unspecified atom stereocenters. The van der Waals surface area contributed by atoms with Crippen molar-refractivity contribution >= 4 is 11.8 Å². The summed E-state index contributed by atoms with van der Waals surface area (Å²) in [5, 5.41) is 2.96. The van der Waals surface area contributed by atoms with Crippen molar-refractivity contribution in [3.05, 3.63) is 107 Å². The quantitative estimate of drug-likeness (QED) is 0.540. The summed E-state index contributed by atoms with van der Waals surface area (Å²) in [6, 6.07) is 24.4. The molecule has 0 aliphatic carbocycles. The molecular weight excluding hydrogens is 403 g/mol. The molecule has 32 heavy (non-hydrogen) atoms. The number of benzene rings is 3. The maximum absolute atomic E-state index is 13.5. The van der Waals surface area contributed by atoms with Crippen molar-refractivity contribution in [2.75, 3.05) is 0 Å². The van der Waals surface area contributed by atoms with Gasteiger partial charge in [0.1, 0.15) is 11.9 Å². The molecule has 3 aromatic carbocycles. The minimum Gasteiger partial charge on any atom is -0.352 e. The predicted octanol–water partition coefficient (Wildman–Crippen LogP) is 4.53. The van der Waals surface area contributed by atoms with Crippen molar-refractivity contribution < 1.29 is 14.0 Å². The molecule has 0 aliphatic heterocycles. The molecule has 0 spiro atoms. The van der Waals surface area contributed by atoms with E-state index in [1.165, 1.54) is 12.1 Å². The van der Waals surface area contributed by atoms with Crippen LogP contribution in [0.1, 0.15) is 30.5 Å². The summed E-state index contributed by atoms with van der Waals surface area (Å²) < 4.78 is 13.4. The van der Waals surface area contributed by atoms with Crippen LogP contribution in [0.3, 0.4) is 0 Å². The average molecular weight is 433 g/mol. The van der Waals surface area contributed by atoms with E-state index in [1.54, 1.807) is 17.0 Å². The van der Waals surface area contributed by atoms with Crippen molar-refractivity contribution in [2.24, 2.45) is 0 Å². The Balaban J connectivity index is 1.94. The highest BCUT2D eigenvalue weighted by molar-refractivity contribution is 5.89. The van der Waals surface area contributed by atoms with Crippen molar-refractivity contribution in [1.82, 2.24) is 10.2 Å². The lowest BCUT2D eigenvalue weighted by molar-refractivity contribution is -0.141. The van der Waals surface area contributed by atoms with E-state index in [0.717, 1.165) is 16.7 Å². The lowest BCUT2D eigenvalue weighted by Crippen LogP contribution is -2.52. The maximum atomic E-state index is 13.5. The van der Waals surface area contributed by atoms with E-state index in [2.05, 4.69) is 5.32 Å². The molecule has 166 valence electrons. The number of halogens is 1. The lowest BCUT2D eigenvalue weighted by atomic mass is 10.0. The van der Waals surface area contributed by atoms with E-state index in [9.17, 15) is 14.0 Å². The van der Waals surface area contributed by atoms with E-state index in [1.807, 2.05) is 74.5 Å². The number of nitrogens with one attached hydrogen (secondary N) is 1. The normalized spacial score (nSPS) is 11.8. The summed E-state index contributed by atoms with van der Waals surface area (Å²) in [5.74, 6) is -0.693. The second-order valence-electron chi connectivity index (χ2n) is 8.18. The summed E-state index contributed by atoms with van der Waals surface area (Å²) >= 11 is 0. The van der Waals surface area contributed by atoms with E-state index in [-0.39, 0.29) is 36.6 Å². The van der Waals surface area contributed by atoms with Crippen LogP contribution in [-0.4, -0.2) is 28.8 Å². The van der Waals surface area contributed by atoms with E-state index >= 15 is 0 Å². The average Bonchev–Trinajstić information content (AvgIpc) is 2.78. The first-order chi connectivity index (χ1) is 15.4. The second-order valence-corrected chi connectivity index (χ2v) is 8.18. The predicted molar refractivity (Wildman–Crippen MR) is 124 cm³/mol. The molecule has 0 saturated heterocycles.